The third kappa shape index (κ3) is 3.02. The molecule has 0 saturated heterocycles. The second-order valence-corrected chi connectivity index (χ2v) is 4.86. The van der Waals surface area contributed by atoms with Gasteiger partial charge in [-0.3, -0.25) is 0 Å². The molecule has 2 nitrogen and oxygen atoms in total. The summed E-state index contributed by atoms with van der Waals surface area (Å²) in [4.78, 5) is 10.4. The second-order valence-electron chi connectivity index (χ2n) is 4.86. The van der Waals surface area contributed by atoms with Crippen molar-refractivity contribution >= 4 is 5.97 Å². The van der Waals surface area contributed by atoms with E-state index in [0.717, 1.165) is 0 Å². The molecule has 28 heavy (non-hydrogen) atoms. The topological polar surface area (TPSA) is 26.3 Å². The Kier molecular flexibility index (Phi) is 6.31. The summed E-state index contributed by atoms with van der Waals surface area (Å²) in [5, 5.41) is 0. The lowest BCUT2D eigenvalue weighted by atomic mass is 9.89. The van der Waals surface area contributed by atoms with Gasteiger partial charge in [-0.15, -0.1) is 0 Å². The first-order valence-corrected chi connectivity index (χ1v) is 5.94. The van der Waals surface area contributed by atoms with Gasteiger partial charge in [0.2, 0.25) is 0 Å². The van der Waals surface area contributed by atoms with Crippen LogP contribution in [0.3, 0.4) is 0 Å². The average Bonchev–Trinajstić information content (AvgIpc) is 2.52. The summed E-state index contributed by atoms with van der Waals surface area (Å²) >= 11 is 0. The number of hydrogen-bond donors (Lipinski definition) is 0. The predicted molar refractivity (Wildman–Crippen MR) is 52.6 cm³/mol. The first kappa shape index (κ1) is 26.3. The van der Waals surface area contributed by atoms with Crippen LogP contribution in [-0.4, -0.2) is 61.0 Å². The third-order valence-corrected chi connectivity index (χ3v) is 3.11. The first-order chi connectivity index (χ1) is 11.9. The molecule has 0 heterocycles. The van der Waals surface area contributed by atoms with Crippen LogP contribution in [0.5, 0.6) is 0 Å². The van der Waals surface area contributed by atoms with Crippen molar-refractivity contribution in [1.29, 1.82) is 0 Å². The third-order valence-electron chi connectivity index (χ3n) is 3.11. The summed E-state index contributed by atoms with van der Waals surface area (Å²) in [6, 6.07) is 0. The second kappa shape index (κ2) is 6.70. The Morgan fingerprint density at radius 2 is 0.893 bits per heavy atom. The fourth-order valence-corrected chi connectivity index (χ4v) is 1.39. The van der Waals surface area contributed by atoms with E-state index in [1.54, 1.807) is 0 Å². The minimum Gasteiger partial charge on any atom is -0.464 e. The maximum Gasteiger partial charge on any atom is 0.410 e. The zero-order valence-electron chi connectivity index (χ0n) is 12.4. The van der Waals surface area contributed by atoms with E-state index in [2.05, 4.69) is 4.74 Å². The molecule has 0 aliphatic rings. The van der Waals surface area contributed by atoms with Crippen molar-refractivity contribution in [2.75, 3.05) is 7.11 Å². The van der Waals surface area contributed by atoms with Crippen molar-refractivity contribution < 1.29 is 79.8 Å². The number of esters is 1. The van der Waals surface area contributed by atoms with Gasteiger partial charge in [0, 0.05) is 0 Å². The Balaban J connectivity index is 6.67. The molecule has 0 rings (SSSR count). The highest BCUT2D eigenvalue weighted by molar-refractivity contribution is 5.79. The lowest BCUT2D eigenvalue weighted by Gasteiger charge is -2.41. The molecule has 0 unspecified atom stereocenters. The molecule has 0 aliphatic heterocycles. The first-order valence-electron chi connectivity index (χ1n) is 5.94. The molecule has 0 spiro atoms. The number of hydrogen-bond acceptors (Lipinski definition) is 2. The molecule has 0 radical (unpaired) electrons. The van der Waals surface area contributed by atoms with E-state index >= 15 is 0 Å². The largest absolute Gasteiger partial charge is 0.464 e. The molecular formula is C10H4F16O2. The zero-order valence-corrected chi connectivity index (χ0v) is 12.4. The standard InChI is InChI=1S/C10H4F16O2/c1-28-3(27)5(15,16)7(19,20)9(23,24)10(25,26)8(21,22)6(17,18)4(13,14)2(11)12/h2H,1H3. The number of ether oxygens (including phenoxy) is 1. The molecule has 0 amide bonds. The van der Waals surface area contributed by atoms with Gasteiger partial charge in [-0.1, -0.05) is 0 Å². The summed E-state index contributed by atoms with van der Waals surface area (Å²) in [5.74, 6) is -59.8. The minimum atomic E-state index is -8.53. The van der Waals surface area contributed by atoms with E-state index in [9.17, 15) is 75.0 Å². The SMILES string of the molecule is COC(=O)C(F)(F)C(F)(F)C(F)(F)C(F)(F)C(F)(F)C(F)(F)C(F)(F)C(F)F. The number of rotatable bonds is 8. The van der Waals surface area contributed by atoms with Crippen LogP contribution >= 0.6 is 0 Å². The van der Waals surface area contributed by atoms with Crippen molar-refractivity contribution in [3.63, 3.8) is 0 Å². The highest BCUT2D eigenvalue weighted by Gasteiger charge is 2.94. The summed E-state index contributed by atoms with van der Waals surface area (Å²) < 4.78 is 208. The van der Waals surface area contributed by atoms with Crippen molar-refractivity contribution in [3.05, 3.63) is 0 Å². The Hall–Kier alpha value is -1.65. The van der Waals surface area contributed by atoms with Gasteiger partial charge in [-0.2, -0.15) is 61.5 Å². The Labute approximate surface area is 142 Å². The van der Waals surface area contributed by atoms with Gasteiger partial charge >= 0.3 is 53.9 Å². The van der Waals surface area contributed by atoms with Gasteiger partial charge in [0.05, 0.1) is 7.11 Å². The van der Waals surface area contributed by atoms with Crippen LogP contribution in [0.4, 0.5) is 70.2 Å². The van der Waals surface area contributed by atoms with Crippen LogP contribution in [-0.2, 0) is 9.53 Å². The van der Waals surface area contributed by atoms with E-state index in [1.807, 2.05) is 0 Å². The zero-order chi connectivity index (χ0) is 23.4. The van der Waals surface area contributed by atoms with Crippen molar-refractivity contribution in [2.45, 2.75) is 47.9 Å². The van der Waals surface area contributed by atoms with Crippen molar-refractivity contribution in [3.8, 4) is 0 Å². The summed E-state index contributed by atoms with van der Waals surface area (Å²) in [7, 11) is -0.200. The highest BCUT2D eigenvalue weighted by atomic mass is 19.4. The van der Waals surface area contributed by atoms with E-state index in [0.29, 0.717) is 0 Å². The predicted octanol–water partition coefficient (Wildman–Crippen LogP) is 4.87. The Bertz CT molecular complexity index is 594. The number of alkyl halides is 16. The van der Waals surface area contributed by atoms with Crippen LogP contribution in [0.25, 0.3) is 0 Å². The summed E-state index contributed by atoms with van der Waals surface area (Å²) in [6.07, 6.45) is -5.91. The molecule has 0 atom stereocenters. The van der Waals surface area contributed by atoms with Crippen LogP contribution in [0, 0.1) is 0 Å². The normalized spacial score (nSPS) is 15.8. The monoisotopic (exact) mass is 460 g/mol. The van der Waals surface area contributed by atoms with Gasteiger partial charge in [-0.25, -0.2) is 13.6 Å². The maximum absolute atomic E-state index is 13.2. The van der Waals surface area contributed by atoms with Crippen molar-refractivity contribution in [2.24, 2.45) is 0 Å². The molecule has 0 bridgehead atoms. The molecule has 0 N–H and O–H groups in total. The minimum absolute atomic E-state index is 0.200. The van der Waals surface area contributed by atoms with E-state index in [-0.39, 0.29) is 7.11 Å². The molecule has 0 aliphatic carbocycles. The van der Waals surface area contributed by atoms with Gasteiger partial charge in [-0.05, 0) is 0 Å². The molecule has 0 fully saturated rings. The summed E-state index contributed by atoms with van der Waals surface area (Å²) in [5.41, 5.74) is 0. The number of halogens is 16. The van der Waals surface area contributed by atoms with E-state index < -0.39 is 53.9 Å². The molecule has 0 aromatic heterocycles. The van der Waals surface area contributed by atoms with Crippen LogP contribution in [0.15, 0.2) is 0 Å². The maximum atomic E-state index is 13.2. The lowest BCUT2D eigenvalue weighted by molar-refractivity contribution is -0.444. The van der Waals surface area contributed by atoms with E-state index in [4.69, 9.17) is 0 Å². The van der Waals surface area contributed by atoms with Gasteiger partial charge < -0.3 is 4.74 Å². The molecular weight excluding hydrogens is 456 g/mol. The molecule has 18 heteroatoms. The van der Waals surface area contributed by atoms with E-state index in [1.165, 1.54) is 0 Å². The quantitative estimate of drug-likeness (QED) is 0.382. The average molecular weight is 460 g/mol. The van der Waals surface area contributed by atoms with Crippen LogP contribution < -0.4 is 0 Å². The number of carbonyl (C=O) groups excluding carboxylic acids is 1. The fraction of sp³-hybridized carbons (Fsp3) is 0.900. The van der Waals surface area contributed by atoms with Gasteiger partial charge in [0.25, 0.3) is 0 Å². The van der Waals surface area contributed by atoms with Gasteiger partial charge in [0.1, 0.15) is 0 Å². The fourth-order valence-electron chi connectivity index (χ4n) is 1.39. The Morgan fingerprint density at radius 1 is 0.607 bits per heavy atom. The molecule has 0 aromatic rings. The smallest absolute Gasteiger partial charge is 0.410 e. The highest BCUT2D eigenvalue weighted by Crippen LogP contribution is 2.62. The van der Waals surface area contributed by atoms with Gasteiger partial charge in [0.15, 0.2) is 0 Å². The molecule has 0 aromatic carbocycles. The van der Waals surface area contributed by atoms with Crippen LogP contribution in [0.2, 0.25) is 0 Å². The number of methoxy groups -OCH3 is 1. The summed E-state index contributed by atoms with van der Waals surface area (Å²) in [6.45, 7) is 0. The lowest BCUT2D eigenvalue weighted by Crippen LogP contribution is -2.74. The van der Waals surface area contributed by atoms with Crippen molar-refractivity contribution in [1.82, 2.24) is 0 Å². The van der Waals surface area contributed by atoms with Crippen LogP contribution in [0.1, 0.15) is 0 Å². The molecule has 168 valence electrons. The Morgan fingerprint density at radius 3 is 1.18 bits per heavy atom. The number of carbonyl (C=O) groups is 1. The molecule has 0 saturated carbocycles.